The average molecular weight is 236 g/mol. The van der Waals surface area contributed by atoms with Gasteiger partial charge in [0.2, 0.25) is 0 Å². The normalized spacial score (nSPS) is 14.4. The summed E-state index contributed by atoms with van der Waals surface area (Å²) in [7, 11) is 0. The van der Waals surface area contributed by atoms with Gasteiger partial charge in [-0.25, -0.2) is 4.39 Å². The Balaban J connectivity index is 0. The number of halogens is 3. The van der Waals surface area contributed by atoms with Crippen molar-refractivity contribution in [3.8, 4) is 0 Å². The fraction of sp³-hybridized carbons (Fsp3) is 0.500. The second-order valence-corrected chi connectivity index (χ2v) is 2.81. The fourth-order valence-electron chi connectivity index (χ4n) is 0.800. The maximum absolute atomic E-state index is 13.1. The smallest absolute Gasteiger partial charge is 0.301 e. The van der Waals surface area contributed by atoms with Gasteiger partial charge in [0.25, 0.3) is 0 Å². The van der Waals surface area contributed by atoms with E-state index >= 15 is 0 Å². The number of alkyl halides is 2. The number of allylic oxidation sites excluding steroid dienone is 4. The minimum Gasteiger partial charge on any atom is -0.387 e. The summed E-state index contributed by atoms with van der Waals surface area (Å²) < 4.78 is 38.9. The van der Waals surface area contributed by atoms with Crippen LogP contribution < -0.4 is 0 Å². The zero-order valence-corrected chi connectivity index (χ0v) is 10.1. The van der Waals surface area contributed by atoms with Crippen molar-refractivity contribution in [2.75, 3.05) is 0 Å². The average Bonchev–Trinajstić information content (AvgIpc) is 2.20. The van der Waals surface area contributed by atoms with Crippen molar-refractivity contribution in [3.05, 3.63) is 36.2 Å². The lowest BCUT2D eigenvalue weighted by Gasteiger charge is -2.21. The van der Waals surface area contributed by atoms with E-state index < -0.39 is 23.4 Å². The first-order valence-electron chi connectivity index (χ1n) is 5.08. The van der Waals surface area contributed by atoms with Crippen LogP contribution in [0, 0.1) is 0 Å². The Kier molecular flexibility index (Phi) is 8.86. The van der Waals surface area contributed by atoms with Gasteiger partial charge < -0.3 is 5.11 Å². The minimum atomic E-state index is -3.62. The highest BCUT2D eigenvalue weighted by Crippen LogP contribution is 2.32. The number of aliphatic hydroxyl groups excluding tert-OH is 1. The van der Waals surface area contributed by atoms with Crippen molar-refractivity contribution in [1.29, 1.82) is 0 Å². The van der Waals surface area contributed by atoms with E-state index in [1.165, 1.54) is 12.2 Å². The summed E-state index contributed by atoms with van der Waals surface area (Å²) in [5, 5.41) is 8.78. The summed E-state index contributed by atoms with van der Waals surface area (Å²) >= 11 is 0. The van der Waals surface area contributed by atoms with Gasteiger partial charge in [-0.1, -0.05) is 38.7 Å². The third-order valence-electron chi connectivity index (χ3n) is 1.63. The Morgan fingerprint density at radius 3 is 2.06 bits per heavy atom. The Morgan fingerprint density at radius 1 is 1.38 bits per heavy atom. The zero-order chi connectivity index (χ0) is 13.4. The van der Waals surface area contributed by atoms with Crippen LogP contribution in [0.4, 0.5) is 13.2 Å². The summed E-state index contributed by atoms with van der Waals surface area (Å²) in [4.78, 5) is 0. The van der Waals surface area contributed by atoms with E-state index in [4.69, 9.17) is 5.11 Å². The molecule has 94 valence electrons. The quantitative estimate of drug-likeness (QED) is 0.731. The van der Waals surface area contributed by atoms with Gasteiger partial charge >= 0.3 is 5.92 Å². The van der Waals surface area contributed by atoms with Crippen molar-refractivity contribution < 1.29 is 18.3 Å². The van der Waals surface area contributed by atoms with Gasteiger partial charge in [0.15, 0.2) is 0 Å². The first-order valence-corrected chi connectivity index (χ1v) is 5.08. The Morgan fingerprint density at radius 2 is 1.81 bits per heavy atom. The Labute approximate surface area is 95.0 Å². The first-order chi connectivity index (χ1) is 7.34. The van der Waals surface area contributed by atoms with Gasteiger partial charge in [-0.05, 0) is 13.8 Å². The van der Waals surface area contributed by atoms with Crippen molar-refractivity contribution in [3.63, 3.8) is 0 Å². The summed E-state index contributed by atoms with van der Waals surface area (Å²) in [5.74, 6) is -4.86. The maximum Gasteiger partial charge on any atom is 0.301 e. The molecule has 4 heteroatoms. The van der Waals surface area contributed by atoms with E-state index in [1.807, 2.05) is 13.8 Å². The lowest BCUT2D eigenvalue weighted by atomic mass is 10.0. The molecule has 0 amide bonds. The summed E-state index contributed by atoms with van der Waals surface area (Å²) in [6.45, 7) is 9.30. The van der Waals surface area contributed by atoms with Crippen LogP contribution >= 0.6 is 0 Å². The lowest BCUT2D eigenvalue weighted by Crippen LogP contribution is -2.33. The summed E-state index contributed by atoms with van der Waals surface area (Å²) in [6, 6.07) is 0. The number of rotatable bonds is 4. The van der Waals surface area contributed by atoms with Gasteiger partial charge in [-0.3, -0.25) is 0 Å². The molecule has 0 aliphatic rings. The molecule has 0 bridgehead atoms. The molecule has 0 aliphatic carbocycles. The van der Waals surface area contributed by atoms with Crippen LogP contribution in [-0.2, 0) is 0 Å². The van der Waals surface area contributed by atoms with Crippen molar-refractivity contribution >= 4 is 0 Å². The molecule has 0 unspecified atom stereocenters. The monoisotopic (exact) mass is 236 g/mol. The SMILES string of the molecule is C=C(F)/C(=C\C=C/C)C(F)(F)[C@@H](C)O.CC. The molecule has 0 radical (unpaired) electrons. The molecule has 0 fully saturated rings. The van der Waals surface area contributed by atoms with Crippen LogP contribution in [0.25, 0.3) is 0 Å². The Bertz CT molecular complexity index is 265. The van der Waals surface area contributed by atoms with Gasteiger partial charge in [-0.15, -0.1) is 0 Å². The summed E-state index contributed by atoms with van der Waals surface area (Å²) in [6.07, 6.45) is 1.68. The predicted molar refractivity (Wildman–Crippen MR) is 61.1 cm³/mol. The van der Waals surface area contributed by atoms with E-state index in [9.17, 15) is 13.2 Å². The van der Waals surface area contributed by atoms with E-state index in [0.717, 1.165) is 13.0 Å². The maximum atomic E-state index is 13.1. The van der Waals surface area contributed by atoms with Crippen LogP contribution in [0.5, 0.6) is 0 Å². The second-order valence-electron chi connectivity index (χ2n) is 2.81. The predicted octanol–water partition coefficient (Wildman–Crippen LogP) is 4.01. The highest BCUT2D eigenvalue weighted by molar-refractivity contribution is 5.34. The number of aliphatic hydroxyl groups is 1. The third kappa shape index (κ3) is 5.16. The fourth-order valence-corrected chi connectivity index (χ4v) is 0.800. The van der Waals surface area contributed by atoms with E-state index in [1.54, 1.807) is 6.92 Å². The molecule has 0 aromatic rings. The van der Waals surface area contributed by atoms with Gasteiger partial charge in [-0.2, -0.15) is 8.78 Å². The summed E-state index contributed by atoms with van der Waals surface area (Å²) in [5.41, 5.74) is -0.898. The number of hydrogen-bond donors (Lipinski definition) is 1. The van der Waals surface area contributed by atoms with E-state index in [0.29, 0.717) is 0 Å². The molecule has 1 nitrogen and oxygen atoms in total. The molecule has 16 heavy (non-hydrogen) atoms. The molecule has 0 saturated heterocycles. The topological polar surface area (TPSA) is 20.2 Å². The molecular weight excluding hydrogens is 217 g/mol. The number of hydrogen-bond acceptors (Lipinski definition) is 1. The Hall–Kier alpha value is -1.03. The molecule has 0 saturated carbocycles. The van der Waals surface area contributed by atoms with Gasteiger partial charge in [0.05, 0.1) is 5.57 Å². The van der Waals surface area contributed by atoms with Crippen LogP contribution in [0.1, 0.15) is 27.7 Å². The second kappa shape index (κ2) is 8.16. The van der Waals surface area contributed by atoms with Crippen molar-refractivity contribution in [2.45, 2.75) is 39.7 Å². The van der Waals surface area contributed by atoms with Crippen LogP contribution in [-0.4, -0.2) is 17.1 Å². The standard InChI is InChI=1S/C10H13F3O.C2H6/c1-4-5-6-9(7(2)11)10(12,13)8(3)14;1-2/h4-6,8,14H,2H2,1,3H3;1-2H3/b5-4-,9-6+;/t8-;/m1./s1. The third-order valence-corrected chi connectivity index (χ3v) is 1.63. The molecule has 0 aromatic carbocycles. The molecule has 1 atom stereocenters. The van der Waals surface area contributed by atoms with E-state index in [-0.39, 0.29) is 0 Å². The highest BCUT2D eigenvalue weighted by atomic mass is 19.3. The molecule has 0 rings (SSSR count). The molecule has 0 spiro atoms. The first kappa shape index (κ1) is 17.4. The van der Waals surface area contributed by atoms with E-state index in [2.05, 4.69) is 6.58 Å². The van der Waals surface area contributed by atoms with Gasteiger partial charge in [0.1, 0.15) is 11.9 Å². The zero-order valence-electron chi connectivity index (χ0n) is 10.1. The van der Waals surface area contributed by atoms with Crippen molar-refractivity contribution in [1.82, 2.24) is 0 Å². The lowest BCUT2D eigenvalue weighted by molar-refractivity contribution is -0.0686. The van der Waals surface area contributed by atoms with Gasteiger partial charge in [0, 0.05) is 0 Å². The molecule has 0 heterocycles. The van der Waals surface area contributed by atoms with Crippen LogP contribution in [0.3, 0.4) is 0 Å². The molecule has 0 aliphatic heterocycles. The highest BCUT2D eigenvalue weighted by Gasteiger charge is 2.40. The molecule has 1 N–H and O–H groups in total. The largest absolute Gasteiger partial charge is 0.387 e. The van der Waals surface area contributed by atoms with Crippen LogP contribution in [0.15, 0.2) is 36.2 Å². The minimum absolute atomic E-state index is 0.895. The van der Waals surface area contributed by atoms with Crippen molar-refractivity contribution in [2.24, 2.45) is 0 Å². The molecule has 0 aromatic heterocycles. The van der Waals surface area contributed by atoms with Crippen LogP contribution in [0.2, 0.25) is 0 Å². The molecular formula is C12H19F3O.